The Morgan fingerprint density at radius 2 is 1.05 bits per heavy atom. The molecule has 9 aromatic rings. The number of carbonyl (C=O) groups excluding carboxylic acids is 3. The summed E-state index contributed by atoms with van der Waals surface area (Å²) in [6, 6.07) is 39.2. The molecular weight excluding hydrogens is 1020 g/mol. The van der Waals surface area contributed by atoms with E-state index >= 15 is 0 Å². The van der Waals surface area contributed by atoms with Gasteiger partial charge in [-0.15, -0.1) is 10.2 Å². The molecule has 0 N–H and O–H groups in total. The molecule has 0 saturated heterocycles. The Morgan fingerprint density at radius 3 is 1.59 bits per heavy atom. The number of aromatic nitrogens is 6. The molecule has 2 heterocycles. The molecule has 0 unspecified atom stereocenters. The van der Waals surface area contributed by atoms with E-state index in [4.69, 9.17) is 14.2 Å². The second-order valence-electron chi connectivity index (χ2n) is 19.9. The first-order valence-corrected chi connectivity index (χ1v) is 26.3. The number of halogens is 4. The van der Waals surface area contributed by atoms with Gasteiger partial charge in [0.15, 0.2) is 23.3 Å². The van der Waals surface area contributed by atoms with Gasteiger partial charge >= 0.3 is 17.9 Å². The van der Waals surface area contributed by atoms with Crippen molar-refractivity contribution in [2.75, 3.05) is 6.61 Å². The molecule has 79 heavy (non-hydrogen) atoms. The summed E-state index contributed by atoms with van der Waals surface area (Å²) in [6.07, 6.45) is 5.96. The van der Waals surface area contributed by atoms with E-state index in [-0.39, 0.29) is 30.7 Å². The summed E-state index contributed by atoms with van der Waals surface area (Å²) in [5.74, 6) is -7.59. The fourth-order valence-corrected chi connectivity index (χ4v) is 8.23. The van der Waals surface area contributed by atoms with Crippen molar-refractivity contribution < 1.29 is 50.9 Å². The number of hydrogen-bond acceptors (Lipinski definition) is 11. The summed E-state index contributed by atoms with van der Waals surface area (Å²) in [4.78, 5) is 34.1. The average molecular weight is 1090 g/mol. The third kappa shape index (κ3) is 17.2. The van der Waals surface area contributed by atoms with Crippen molar-refractivity contribution in [2.45, 2.75) is 132 Å². The van der Waals surface area contributed by atoms with Gasteiger partial charge in [0.1, 0.15) is 18.0 Å². The van der Waals surface area contributed by atoms with E-state index in [2.05, 4.69) is 93.8 Å². The van der Waals surface area contributed by atoms with E-state index < -0.39 is 52.9 Å². The first-order chi connectivity index (χ1) is 37.8. The van der Waals surface area contributed by atoms with Crippen LogP contribution in [-0.4, -0.2) is 66.7 Å². The zero-order valence-electron chi connectivity index (χ0n) is 46.1. The monoisotopic (exact) mass is 1080 g/mol. The number of rotatable bonds is 18. The van der Waals surface area contributed by atoms with Crippen molar-refractivity contribution in [1.29, 1.82) is 0 Å². The summed E-state index contributed by atoms with van der Waals surface area (Å²) in [5.41, 5.74) is 2.79. The number of ether oxygens (including phenoxy) is 4. The van der Waals surface area contributed by atoms with Crippen molar-refractivity contribution in [3.63, 3.8) is 0 Å². The highest BCUT2D eigenvalue weighted by Crippen LogP contribution is 2.36. The van der Waals surface area contributed by atoms with Crippen molar-refractivity contribution in [3.05, 3.63) is 190 Å². The smallest absolute Gasteiger partial charge is 0.338 e. The number of unbranched alkanes of at least 4 members (excludes halogenated alkanes) is 1. The lowest BCUT2D eigenvalue weighted by molar-refractivity contribution is -0.147. The topological polar surface area (TPSA) is 150 Å². The molecule has 0 aliphatic rings. The molecule has 13 nitrogen and oxygen atoms in total. The molecule has 0 saturated carbocycles. The lowest BCUT2D eigenvalue weighted by atomic mass is 9.91. The van der Waals surface area contributed by atoms with Crippen LogP contribution < -0.4 is 0 Å². The van der Waals surface area contributed by atoms with Crippen LogP contribution >= 0.6 is 0 Å². The molecule has 0 amide bonds. The van der Waals surface area contributed by atoms with Gasteiger partial charge in [0.05, 0.1) is 49.6 Å². The average Bonchev–Trinajstić information content (AvgIpc) is 4.24. The molecular formula is C62H68F4N6O7. The second kappa shape index (κ2) is 29.1. The molecule has 0 fully saturated rings. The van der Waals surface area contributed by atoms with E-state index in [0.717, 1.165) is 44.1 Å². The predicted octanol–water partition coefficient (Wildman–Crippen LogP) is 13.7. The second-order valence-corrected chi connectivity index (χ2v) is 19.9. The SMILES string of the molecule is CC(C)OC(=O)Cc1ccccc1.CC(C)n1cc(COC(=O)c2ccccc2)nn1.CC(C)n1cc(COCCCCc2ccc3ccc4cccc5ccc2c3c45)nn1.Cc1c(F)c(F)c(CC(=O)OC(C)C)c(F)c1F. The molecule has 0 bridgehead atoms. The van der Waals surface area contributed by atoms with Gasteiger partial charge in [0, 0.05) is 29.8 Å². The predicted molar refractivity (Wildman–Crippen MR) is 296 cm³/mol. The first kappa shape index (κ1) is 60.2. The quantitative estimate of drug-likeness (QED) is 0.0202. The minimum absolute atomic E-state index is 0.0313. The summed E-state index contributed by atoms with van der Waals surface area (Å²) in [5, 5.41) is 24.3. The highest BCUT2D eigenvalue weighted by molar-refractivity contribution is 6.23. The molecule has 0 aliphatic carbocycles. The number of benzene rings is 7. The summed E-state index contributed by atoms with van der Waals surface area (Å²) in [7, 11) is 0. The highest BCUT2D eigenvalue weighted by atomic mass is 19.2. The Kier molecular flexibility index (Phi) is 22.1. The number of nitrogens with zero attached hydrogens (tertiary/aromatic N) is 6. The van der Waals surface area contributed by atoms with Crippen LogP contribution in [0.1, 0.15) is 124 Å². The fourth-order valence-electron chi connectivity index (χ4n) is 8.23. The molecule has 0 aliphatic heterocycles. The molecule has 2 aromatic heterocycles. The summed E-state index contributed by atoms with van der Waals surface area (Å²) < 4.78 is 77.5. The van der Waals surface area contributed by atoms with E-state index in [9.17, 15) is 31.9 Å². The van der Waals surface area contributed by atoms with Crippen molar-refractivity contribution in [1.82, 2.24) is 30.0 Å². The minimum atomic E-state index is -1.56. The maximum Gasteiger partial charge on any atom is 0.338 e. The molecule has 7 aromatic carbocycles. The van der Waals surface area contributed by atoms with Crippen molar-refractivity contribution >= 4 is 50.2 Å². The van der Waals surface area contributed by atoms with Gasteiger partial charge in [-0.3, -0.25) is 9.59 Å². The number of esters is 3. The van der Waals surface area contributed by atoms with E-state index in [1.807, 2.05) is 75.0 Å². The molecule has 0 spiro atoms. The Morgan fingerprint density at radius 1 is 0.544 bits per heavy atom. The van der Waals surface area contributed by atoms with E-state index in [0.29, 0.717) is 30.3 Å². The van der Waals surface area contributed by atoms with Crippen LogP contribution in [0.25, 0.3) is 32.3 Å². The largest absolute Gasteiger partial charge is 0.463 e. The molecule has 0 atom stereocenters. The van der Waals surface area contributed by atoms with Gasteiger partial charge in [0.25, 0.3) is 0 Å². The van der Waals surface area contributed by atoms with Gasteiger partial charge in [-0.25, -0.2) is 31.7 Å². The highest BCUT2D eigenvalue weighted by Gasteiger charge is 2.25. The first-order valence-electron chi connectivity index (χ1n) is 26.3. The number of aryl methyl sites for hydroxylation is 1. The van der Waals surface area contributed by atoms with Gasteiger partial charge in [-0.2, -0.15) is 0 Å². The number of carbonyl (C=O) groups is 3. The van der Waals surface area contributed by atoms with Crippen LogP contribution in [0.15, 0.2) is 128 Å². The number of hydrogen-bond donors (Lipinski definition) is 0. The lowest BCUT2D eigenvalue weighted by Crippen LogP contribution is -2.17. The fraction of sp³-hybridized carbons (Fsp3) is 0.339. The Bertz CT molecular complexity index is 3360. The van der Waals surface area contributed by atoms with Crippen LogP contribution in [0.5, 0.6) is 0 Å². The van der Waals surface area contributed by atoms with Gasteiger partial charge in [-0.1, -0.05) is 114 Å². The van der Waals surface area contributed by atoms with Crippen molar-refractivity contribution in [2.24, 2.45) is 0 Å². The van der Waals surface area contributed by atoms with Crippen molar-refractivity contribution in [3.8, 4) is 0 Å². The van der Waals surface area contributed by atoms with E-state index in [1.54, 1.807) is 49.0 Å². The lowest BCUT2D eigenvalue weighted by Gasteiger charge is -2.14. The normalized spacial score (nSPS) is 11.2. The standard InChI is InChI=1S/C26H27N3O.C13H15N3O2.C12H12F4O2.C11H14O2/c1-18(2)29-16-23(27-28-29)17-30-15-4-3-6-19-9-10-22-12-11-20-7-5-8-21-13-14-24(19)26(22)25(20)21;1-10(2)16-8-12(14-15-16)9-18-13(17)11-6-4-3-5-7-11;1-5(2)18-8(17)4-7-11(15)9(13)6(3)10(14)12(7)16;1-9(2)13-11(12)8-10-6-4-3-5-7-10/h5,7-14,16,18H,3-4,6,15,17H2,1-2H3;3-8,10H,9H2,1-2H3;5H,4H2,1-3H3;3-7,9H,8H2,1-2H3. The van der Waals surface area contributed by atoms with E-state index in [1.165, 1.54) is 37.9 Å². The van der Waals surface area contributed by atoms with Gasteiger partial charge < -0.3 is 18.9 Å². The zero-order valence-corrected chi connectivity index (χ0v) is 46.1. The maximum absolute atomic E-state index is 13.4. The zero-order chi connectivity index (χ0) is 57.2. The minimum Gasteiger partial charge on any atom is -0.463 e. The van der Waals surface area contributed by atoms with Crippen LogP contribution in [-0.2, 0) is 61.0 Å². The Balaban J connectivity index is 0.000000180. The molecule has 416 valence electrons. The van der Waals surface area contributed by atoms with Gasteiger partial charge in [0.2, 0.25) is 0 Å². The van der Waals surface area contributed by atoms with Crippen LogP contribution in [0, 0.1) is 30.2 Å². The molecule has 0 radical (unpaired) electrons. The molecule has 9 rings (SSSR count). The Labute approximate surface area is 458 Å². The van der Waals surface area contributed by atoms with Gasteiger partial charge in [-0.05, 0) is 137 Å². The van der Waals surface area contributed by atoms with Crippen LogP contribution in [0.3, 0.4) is 0 Å². The third-order valence-corrected chi connectivity index (χ3v) is 12.2. The maximum atomic E-state index is 13.4. The summed E-state index contributed by atoms with van der Waals surface area (Å²) in [6.45, 7) is 17.3. The Hall–Kier alpha value is -8.05. The van der Waals surface area contributed by atoms with Crippen LogP contribution in [0.2, 0.25) is 0 Å². The molecule has 17 heteroatoms. The van der Waals surface area contributed by atoms with Crippen LogP contribution in [0.4, 0.5) is 17.6 Å². The third-order valence-electron chi connectivity index (χ3n) is 12.2. The summed E-state index contributed by atoms with van der Waals surface area (Å²) >= 11 is 0.